The quantitative estimate of drug-likeness (QED) is 0.774. The molecular formula is C20H25NO3S. The van der Waals surface area contributed by atoms with E-state index < -0.39 is 0 Å². The predicted octanol–water partition coefficient (Wildman–Crippen LogP) is 4.23. The Labute approximate surface area is 153 Å². The van der Waals surface area contributed by atoms with Gasteiger partial charge in [0.2, 0.25) is 5.91 Å². The molecule has 2 aromatic rings. The molecule has 1 atom stereocenters. The summed E-state index contributed by atoms with van der Waals surface area (Å²) in [7, 11) is 3.30. The third-order valence-corrected chi connectivity index (χ3v) is 5.89. The minimum Gasteiger partial charge on any atom is -0.497 e. The number of benzene rings is 1. The second-order valence-corrected chi connectivity index (χ2v) is 7.24. The highest BCUT2D eigenvalue weighted by Gasteiger charge is 2.30. The zero-order chi connectivity index (χ0) is 17.8. The molecule has 1 aliphatic heterocycles. The van der Waals surface area contributed by atoms with Gasteiger partial charge >= 0.3 is 0 Å². The van der Waals surface area contributed by atoms with Crippen LogP contribution in [-0.2, 0) is 17.6 Å². The molecule has 5 heteroatoms. The molecule has 1 aliphatic rings. The largest absolute Gasteiger partial charge is 0.497 e. The average molecular weight is 359 g/mol. The first-order chi connectivity index (χ1) is 12.2. The Morgan fingerprint density at radius 3 is 2.84 bits per heavy atom. The van der Waals surface area contributed by atoms with Crippen LogP contribution in [0.1, 0.15) is 41.8 Å². The van der Waals surface area contributed by atoms with Crippen LogP contribution < -0.4 is 9.47 Å². The summed E-state index contributed by atoms with van der Waals surface area (Å²) in [5, 5.41) is 2.14. The van der Waals surface area contributed by atoms with Crippen LogP contribution in [-0.4, -0.2) is 31.6 Å². The van der Waals surface area contributed by atoms with Gasteiger partial charge in [0.1, 0.15) is 11.5 Å². The Bertz CT molecular complexity index is 740. The van der Waals surface area contributed by atoms with Gasteiger partial charge in [0.25, 0.3) is 0 Å². The molecule has 134 valence electrons. The van der Waals surface area contributed by atoms with Gasteiger partial charge in [-0.25, -0.2) is 0 Å². The van der Waals surface area contributed by atoms with E-state index in [2.05, 4.69) is 23.3 Å². The lowest BCUT2D eigenvalue weighted by atomic mass is 9.97. The minimum absolute atomic E-state index is 0.216. The van der Waals surface area contributed by atoms with Gasteiger partial charge < -0.3 is 14.4 Å². The van der Waals surface area contributed by atoms with Crippen molar-refractivity contribution in [2.75, 3.05) is 20.8 Å². The molecule has 2 heterocycles. The van der Waals surface area contributed by atoms with Crippen molar-refractivity contribution >= 4 is 17.2 Å². The maximum atomic E-state index is 12.9. The number of hydrogen-bond acceptors (Lipinski definition) is 4. The molecule has 0 saturated heterocycles. The van der Waals surface area contributed by atoms with Gasteiger partial charge in [0, 0.05) is 17.8 Å². The molecule has 1 unspecified atom stereocenters. The normalized spacial score (nSPS) is 16.4. The van der Waals surface area contributed by atoms with Crippen molar-refractivity contribution < 1.29 is 14.3 Å². The van der Waals surface area contributed by atoms with Gasteiger partial charge in [0.05, 0.1) is 20.3 Å². The Hall–Kier alpha value is -2.01. The summed E-state index contributed by atoms with van der Waals surface area (Å²) in [6.45, 7) is 2.98. The summed E-state index contributed by atoms with van der Waals surface area (Å²) in [5.41, 5.74) is 2.35. The van der Waals surface area contributed by atoms with Crippen LogP contribution >= 0.6 is 11.3 Å². The first-order valence-electron chi connectivity index (χ1n) is 8.74. The van der Waals surface area contributed by atoms with Gasteiger partial charge in [-0.15, -0.1) is 11.3 Å². The topological polar surface area (TPSA) is 38.8 Å². The van der Waals surface area contributed by atoms with E-state index in [-0.39, 0.29) is 11.9 Å². The van der Waals surface area contributed by atoms with Crippen molar-refractivity contribution in [2.24, 2.45) is 0 Å². The van der Waals surface area contributed by atoms with Gasteiger partial charge in [-0.2, -0.15) is 0 Å². The van der Waals surface area contributed by atoms with Crippen molar-refractivity contribution in [1.29, 1.82) is 0 Å². The van der Waals surface area contributed by atoms with Gasteiger partial charge in [-0.1, -0.05) is 6.92 Å². The zero-order valence-corrected chi connectivity index (χ0v) is 15.9. The van der Waals surface area contributed by atoms with Crippen LogP contribution in [0.2, 0.25) is 0 Å². The first kappa shape index (κ1) is 17.8. The van der Waals surface area contributed by atoms with E-state index >= 15 is 0 Å². The number of aryl methyl sites for hydroxylation is 1. The van der Waals surface area contributed by atoms with Crippen molar-refractivity contribution in [3.8, 4) is 11.5 Å². The molecule has 1 amide bonds. The molecule has 3 rings (SSSR count). The molecule has 1 aromatic carbocycles. The Morgan fingerprint density at radius 1 is 1.28 bits per heavy atom. The Morgan fingerprint density at radius 2 is 2.12 bits per heavy atom. The highest BCUT2D eigenvalue weighted by molar-refractivity contribution is 7.10. The molecule has 0 N–H and O–H groups in total. The van der Waals surface area contributed by atoms with Gasteiger partial charge in [-0.05, 0) is 60.0 Å². The number of methoxy groups -OCH3 is 2. The van der Waals surface area contributed by atoms with Gasteiger partial charge in [0.15, 0.2) is 0 Å². The van der Waals surface area contributed by atoms with E-state index in [1.165, 1.54) is 10.4 Å². The lowest BCUT2D eigenvalue weighted by Gasteiger charge is -2.35. The summed E-state index contributed by atoms with van der Waals surface area (Å²) in [6, 6.07) is 8.12. The standard InChI is InChI=1S/C20H25NO3S/c1-4-17-16-10-12-25-19(16)9-11-21(17)20(22)8-5-14-13-15(23-2)6-7-18(14)24-3/h6-7,10,12-13,17H,4-5,8-9,11H2,1-3H3. The molecular weight excluding hydrogens is 334 g/mol. The fraction of sp³-hybridized carbons (Fsp3) is 0.450. The second kappa shape index (κ2) is 7.91. The Kier molecular flexibility index (Phi) is 5.63. The van der Waals surface area contributed by atoms with Crippen LogP contribution in [0, 0.1) is 0 Å². The molecule has 0 radical (unpaired) electrons. The number of carbonyl (C=O) groups excluding carboxylic acids is 1. The van der Waals surface area contributed by atoms with E-state index in [4.69, 9.17) is 9.47 Å². The molecule has 0 bridgehead atoms. The summed E-state index contributed by atoms with van der Waals surface area (Å²) in [4.78, 5) is 16.4. The summed E-state index contributed by atoms with van der Waals surface area (Å²) >= 11 is 1.81. The van der Waals surface area contributed by atoms with E-state index in [1.807, 2.05) is 29.5 Å². The number of ether oxygens (including phenoxy) is 2. The molecule has 0 aliphatic carbocycles. The monoisotopic (exact) mass is 359 g/mol. The van der Waals surface area contributed by atoms with Gasteiger partial charge in [-0.3, -0.25) is 4.79 Å². The fourth-order valence-corrected chi connectivity index (χ4v) is 4.53. The third kappa shape index (κ3) is 3.66. The van der Waals surface area contributed by atoms with Crippen LogP contribution in [0.4, 0.5) is 0 Å². The smallest absolute Gasteiger partial charge is 0.223 e. The number of nitrogens with zero attached hydrogens (tertiary/aromatic N) is 1. The summed E-state index contributed by atoms with van der Waals surface area (Å²) < 4.78 is 10.7. The van der Waals surface area contributed by atoms with E-state index in [1.54, 1.807) is 14.2 Å². The minimum atomic E-state index is 0.216. The summed E-state index contributed by atoms with van der Waals surface area (Å²) in [6.07, 6.45) is 3.07. The molecule has 4 nitrogen and oxygen atoms in total. The average Bonchev–Trinajstić information content (AvgIpc) is 3.13. The molecule has 0 spiro atoms. The predicted molar refractivity (Wildman–Crippen MR) is 101 cm³/mol. The Balaban J connectivity index is 1.71. The number of rotatable bonds is 6. The van der Waals surface area contributed by atoms with E-state index in [9.17, 15) is 4.79 Å². The third-order valence-electron chi connectivity index (χ3n) is 4.90. The zero-order valence-electron chi connectivity index (χ0n) is 15.1. The number of hydrogen-bond donors (Lipinski definition) is 0. The maximum absolute atomic E-state index is 12.9. The molecule has 0 saturated carbocycles. The molecule has 1 aromatic heterocycles. The lowest BCUT2D eigenvalue weighted by Crippen LogP contribution is -2.39. The summed E-state index contributed by atoms with van der Waals surface area (Å²) in [5.74, 6) is 1.81. The van der Waals surface area contributed by atoms with E-state index in [0.29, 0.717) is 12.8 Å². The molecule has 25 heavy (non-hydrogen) atoms. The number of thiophene rings is 1. The number of fused-ring (bicyclic) bond motifs is 1. The van der Waals surface area contributed by atoms with Crippen LogP contribution in [0.3, 0.4) is 0 Å². The number of amides is 1. The maximum Gasteiger partial charge on any atom is 0.223 e. The highest BCUT2D eigenvalue weighted by Crippen LogP contribution is 2.35. The second-order valence-electron chi connectivity index (χ2n) is 6.24. The fourth-order valence-electron chi connectivity index (χ4n) is 3.60. The van der Waals surface area contributed by atoms with Crippen molar-refractivity contribution in [3.63, 3.8) is 0 Å². The van der Waals surface area contributed by atoms with E-state index in [0.717, 1.165) is 36.4 Å². The first-order valence-corrected chi connectivity index (χ1v) is 9.62. The van der Waals surface area contributed by atoms with Crippen molar-refractivity contribution in [1.82, 2.24) is 4.90 Å². The molecule has 0 fully saturated rings. The number of carbonyl (C=O) groups is 1. The highest BCUT2D eigenvalue weighted by atomic mass is 32.1. The SMILES string of the molecule is CCC1c2ccsc2CCN1C(=O)CCc1cc(OC)ccc1OC. The van der Waals surface area contributed by atoms with Crippen LogP contribution in [0.25, 0.3) is 0 Å². The van der Waals surface area contributed by atoms with Crippen LogP contribution in [0.15, 0.2) is 29.6 Å². The van der Waals surface area contributed by atoms with Crippen LogP contribution in [0.5, 0.6) is 11.5 Å². The van der Waals surface area contributed by atoms with Crippen molar-refractivity contribution in [3.05, 3.63) is 45.6 Å². The lowest BCUT2D eigenvalue weighted by molar-refractivity contribution is -0.134. The van der Waals surface area contributed by atoms with Crippen molar-refractivity contribution in [2.45, 2.75) is 38.6 Å².